The minimum absolute atomic E-state index is 0.0240. The zero-order chi connectivity index (χ0) is 11.4. The summed E-state index contributed by atoms with van der Waals surface area (Å²) < 4.78 is 5.69. The molecule has 0 heterocycles. The number of rotatable bonds is 3. The number of carbonyl (C=O) groups excluding carboxylic acids is 1. The molecule has 0 spiro atoms. The average molecular weight is 325 g/mol. The van der Waals surface area contributed by atoms with Crippen LogP contribution in [-0.2, 0) is 3.07 Å². The number of carbonyl (C=O) groups is 1. The summed E-state index contributed by atoms with van der Waals surface area (Å²) in [4.78, 5) is 11.3. The van der Waals surface area contributed by atoms with Crippen molar-refractivity contribution >= 4 is 5.97 Å². The van der Waals surface area contributed by atoms with Crippen molar-refractivity contribution in [3.8, 4) is 17.2 Å². The predicted molar refractivity (Wildman–Crippen MR) is 47.4 cm³/mol. The van der Waals surface area contributed by atoms with Crippen LogP contribution in [0.4, 0.5) is 0 Å². The van der Waals surface area contributed by atoms with Crippen molar-refractivity contribution in [1.82, 2.24) is 0 Å². The van der Waals surface area contributed by atoms with Gasteiger partial charge in [-0.1, -0.05) is 0 Å². The molecule has 0 aliphatic heterocycles. The zero-order valence-corrected chi connectivity index (χ0v) is 10.1. The molecule has 1 aromatic carbocycles. The van der Waals surface area contributed by atoms with Crippen LogP contribution in [-0.4, -0.2) is 25.7 Å². The fraction of sp³-hybridized carbons (Fsp3) is 0.222. The molecule has 1 rings (SSSR count). The molecule has 0 aliphatic carbocycles. The molecule has 5 nitrogen and oxygen atoms in total. The van der Waals surface area contributed by atoms with E-state index in [0.717, 1.165) is 16.6 Å². The zero-order valence-electron chi connectivity index (χ0n) is 7.90. The van der Waals surface area contributed by atoms with E-state index in [2.05, 4.69) is 0 Å². The van der Waals surface area contributed by atoms with Gasteiger partial charge in [-0.15, -0.1) is 0 Å². The first kappa shape index (κ1) is 11.9. The third kappa shape index (κ3) is 2.88. The molecular formula is C9H10IO5-. The molecule has 0 radical (unpaired) electrons. The SMILES string of the molecule is CC[I-]OC(=O)c1cc(O)c(O)c(O)c1. The fourth-order valence-electron chi connectivity index (χ4n) is 0.871. The Morgan fingerprint density at radius 2 is 1.87 bits per heavy atom. The normalized spacial score (nSPS) is 10.2. The first-order chi connectivity index (χ1) is 7.06. The van der Waals surface area contributed by atoms with Gasteiger partial charge in [0.15, 0.2) is 0 Å². The van der Waals surface area contributed by atoms with Crippen LogP contribution in [0.15, 0.2) is 12.1 Å². The molecule has 0 unspecified atom stereocenters. The van der Waals surface area contributed by atoms with Crippen LogP contribution in [0.25, 0.3) is 0 Å². The number of alkyl halides is 1. The maximum atomic E-state index is 11.3. The van der Waals surface area contributed by atoms with E-state index in [1.54, 1.807) is 0 Å². The number of hydrogen-bond donors (Lipinski definition) is 3. The van der Waals surface area contributed by atoms with Crippen molar-refractivity contribution in [2.75, 3.05) is 4.43 Å². The van der Waals surface area contributed by atoms with Crippen LogP contribution in [0.5, 0.6) is 17.2 Å². The Kier molecular flexibility index (Phi) is 4.01. The summed E-state index contributed by atoms with van der Waals surface area (Å²) in [6, 6.07) is 2.10. The monoisotopic (exact) mass is 325 g/mol. The second-order valence-electron chi connectivity index (χ2n) is 2.60. The topological polar surface area (TPSA) is 87.0 Å². The molecule has 1 aromatic rings. The van der Waals surface area contributed by atoms with E-state index >= 15 is 0 Å². The van der Waals surface area contributed by atoms with Crippen LogP contribution in [0.1, 0.15) is 17.3 Å². The number of phenols is 3. The summed E-state index contributed by atoms with van der Waals surface area (Å²) in [5.74, 6) is -2.33. The van der Waals surface area contributed by atoms with E-state index in [-0.39, 0.29) is 5.56 Å². The molecule has 0 aromatic heterocycles. The van der Waals surface area contributed by atoms with Gasteiger partial charge in [0.25, 0.3) is 0 Å². The Morgan fingerprint density at radius 1 is 1.33 bits per heavy atom. The summed E-state index contributed by atoms with van der Waals surface area (Å²) in [6.07, 6.45) is 0. The first-order valence-electron chi connectivity index (χ1n) is 4.11. The molecule has 3 N–H and O–H groups in total. The number of hydrogen-bond acceptors (Lipinski definition) is 5. The van der Waals surface area contributed by atoms with E-state index in [9.17, 15) is 4.79 Å². The molecule has 0 bridgehead atoms. The number of benzene rings is 1. The van der Waals surface area contributed by atoms with Crippen molar-refractivity contribution in [1.29, 1.82) is 0 Å². The third-order valence-corrected chi connectivity index (χ3v) is 2.87. The molecule has 0 saturated carbocycles. The molecule has 6 heteroatoms. The number of phenolic OH excluding ortho intramolecular Hbond substituents is 3. The van der Waals surface area contributed by atoms with Gasteiger partial charge < -0.3 is 0 Å². The first-order valence-corrected chi connectivity index (χ1v) is 6.52. The van der Waals surface area contributed by atoms with Crippen LogP contribution >= 0.6 is 0 Å². The summed E-state index contributed by atoms with van der Waals surface area (Å²) in [5, 5.41) is 27.3. The van der Waals surface area contributed by atoms with E-state index in [1.807, 2.05) is 6.92 Å². The quantitative estimate of drug-likeness (QED) is 0.339. The van der Waals surface area contributed by atoms with Crippen molar-refractivity contribution in [3.05, 3.63) is 17.7 Å². The molecule has 0 amide bonds. The van der Waals surface area contributed by atoms with E-state index in [1.165, 1.54) is 0 Å². The fourth-order valence-corrected chi connectivity index (χ4v) is 1.72. The van der Waals surface area contributed by atoms with Gasteiger partial charge in [0.05, 0.1) is 0 Å². The van der Waals surface area contributed by atoms with Crippen molar-refractivity contribution < 1.29 is 44.8 Å². The van der Waals surface area contributed by atoms with Crippen LogP contribution in [0.2, 0.25) is 0 Å². The Hall–Kier alpha value is -1.18. The van der Waals surface area contributed by atoms with Gasteiger partial charge in [-0.25, -0.2) is 0 Å². The molecule has 15 heavy (non-hydrogen) atoms. The predicted octanol–water partition coefficient (Wildman–Crippen LogP) is -2.02. The molecule has 84 valence electrons. The van der Waals surface area contributed by atoms with Gasteiger partial charge >= 0.3 is 97.1 Å². The van der Waals surface area contributed by atoms with Gasteiger partial charge in [-0.3, -0.25) is 0 Å². The Balaban J connectivity index is 2.91. The van der Waals surface area contributed by atoms with Crippen molar-refractivity contribution in [3.63, 3.8) is 0 Å². The van der Waals surface area contributed by atoms with Crippen LogP contribution < -0.4 is 21.6 Å². The minimum atomic E-state index is -0.642. The molecule has 0 fully saturated rings. The summed E-state index contributed by atoms with van der Waals surface area (Å²) in [5.41, 5.74) is 0.0240. The van der Waals surface area contributed by atoms with Gasteiger partial charge in [0.2, 0.25) is 0 Å². The standard InChI is InChI=1S/C9H10IO5/c1-2-10-15-9(14)5-3-6(11)8(13)7(12)4-5/h3-4,11-13H,2H2,1H3/q-1. The summed E-state index contributed by atoms with van der Waals surface area (Å²) >= 11 is -0.641. The van der Waals surface area contributed by atoms with Crippen molar-refractivity contribution in [2.24, 2.45) is 0 Å². The maximum absolute atomic E-state index is 11.3. The van der Waals surface area contributed by atoms with Gasteiger partial charge in [0, 0.05) is 0 Å². The van der Waals surface area contributed by atoms with Gasteiger partial charge in [0.1, 0.15) is 0 Å². The Morgan fingerprint density at radius 3 is 2.33 bits per heavy atom. The van der Waals surface area contributed by atoms with E-state index in [0.29, 0.717) is 0 Å². The molecular weight excluding hydrogens is 315 g/mol. The summed E-state index contributed by atoms with van der Waals surface area (Å²) in [7, 11) is 0. The molecule has 0 aliphatic rings. The number of aromatic hydroxyl groups is 3. The average Bonchev–Trinajstić information content (AvgIpc) is 2.21. The van der Waals surface area contributed by atoms with Crippen molar-refractivity contribution in [2.45, 2.75) is 6.92 Å². The second kappa shape index (κ2) is 5.06. The Labute approximate surface area is 97.1 Å². The summed E-state index contributed by atoms with van der Waals surface area (Å²) in [6.45, 7) is 1.90. The van der Waals surface area contributed by atoms with Gasteiger partial charge in [-0.05, 0) is 0 Å². The van der Waals surface area contributed by atoms with Crippen LogP contribution in [0, 0.1) is 0 Å². The molecule has 0 saturated heterocycles. The second-order valence-corrected chi connectivity index (χ2v) is 5.19. The van der Waals surface area contributed by atoms with E-state index < -0.39 is 44.8 Å². The van der Waals surface area contributed by atoms with E-state index in [4.69, 9.17) is 18.4 Å². The number of halogens is 1. The van der Waals surface area contributed by atoms with Gasteiger partial charge in [-0.2, -0.15) is 0 Å². The van der Waals surface area contributed by atoms with Crippen LogP contribution in [0.3, 0.4) is 0 Å². The third-order valence-electron chi connectivity index (χ3n) is 1.54. The Bertz CT molecular complexity index is 354. The molecule has 0 atom stereocenters.